The van der Waals surface area contributed by atoms with Crippen LogP contribution >= 0.6 is 0 Å². The minimum Gasteiger partial charge on any atom is -0.457 e. The van der Waals surface area contributed by atoms with E-state index >= 15 is 0 Å². The zero-order chi connectivity index (χ0) is 18.1. The third-order valence-corrected chi connectivity index (χ3v) is 4.59. The first-order chi connectivity index (χ1) is 12.6. The number of benzene rings is 2. The lowest BCUT2D eigenvalue weighted by Gasteiger charge is -2.22. The molecule has 2 aromatic rings. The molecule has 0 saturated heterocycles. The van der Waals surface area contributed by atoms with Crippen molar-refractivity contribution in [2.75, 3.05) is 37.2 Å². The predicted octanol–water partition coefficient (Wildman–Crippen LogP) is 4.23. The molecular formula is C21H24N4O. The fourth-order valence-corrected chi connectivity index (χ4v) is 3.32. The van der Waals surface area contributed by atoms with Gasteiger partial charge in [0.2, 0.25) is 0 Å². The van der Waals surface area contributed by atoms with E-state index in [9.17, 15) is 0 Å². The fraction of sp³-hybridized carbons (Fsp3) is 0.238. The number of hydrogen-bond acceptors (Lipinski definition) is 5. The van der Waals surface area contributed by atoms with Crippen LogP contribution in [0.2, 0.25) is 0 Å². The number of ether oxygens (including phenoxy) is 1. The van der Waals surface area contributed by atoms with Gasteiger partial charge in [0.25, 0.3) is 0 Å². The second-order valence-electron chi connectivity index (χ2n) is 6.86. The smallest absolute Gasteiger partial charge is 0.129 e. The van der Waals surface area contributed by atoms with Crippen LogP contribution in [-0.4, -0.2) is 37.2 Å². The lowest BCUT2D eigenvalue weighted by molar-refractivity contribution is 0.479. The van der Waals surface area contributed by atoms with E-state index in [1.807, 2.05) is 24.3 Å². The number of nitrogens with zero attached hydrogens (tertiary/aromatic N) is 4. The second kappa shape index (κ2) is 6.67. The molecule has 4 rings (SSSR count). The van der Waals surface area contributed by atoms with Gasteiger partial charge in [-0.15, -0.1) is 0 Å². The van der Waals surface area contributed by atoms with E-state index in [1.165, 1.54) is 5.70 Å². The van der Waals surface area contributed by atoms with Crippen molar-refractivity contribution in [3.63, 3.8) is 0 Å². The van der Waals surface area contributed by atoms with E-state index in [1.54, 1.807) is 0 Å². The highest BCUT2D eigenvalue weighted by molar-refractivity contribution is 5.58. The van der Waals surface area contributed by atoms with E-state index in [-0.39, 0.29) is 0 Å². The summed E-state index contributed by atoms with van der Waals surface area (Å²) in [5, 5.41) is 0. The van der Waals surface area contributed by atoms with Crippen LogP contribution in [0.3, 0.4) is 0 Å². The first-order valence-electron chi connectivity index (χ1n) is 8.78. The van der Waals surface area contributed by atoms with Gasteiger partial charge in [0, 0.05) is 61.9 Å². The summed E-state index contributed by atoms with van der Waals surface area (Å²) in [5.41, 5.74) is 3.50. The van der Waals surface area contributed by atoms with Crippen LogP contribution in [0.25, 0.3) is 0 Å². The van der Waals surface area contributed by atoms with E-state index in [4.69, 9.17) is 4.74 Å². The van der Waals surface area contributed by atoms with Crippen LogP contribution in [0.4, 0.5) is 11.4 Å². The molecule has 0 spiro atoms. The van der Waals surface area contributed by atoms with Crippen LogP contribution in [0.15, 0.2) is 72.8 Å². The minimum atomic E-state index is 0.841. The molecule has 2 aliphatic rings. The molecule has 5 heteroatoms. The standard InChI is InChI=1S/C21H24N4O/c1-17-14-23(3)16-25(17)19-7-5-9-21(13-19)26-20-8-4-6-18(12-20)24-11-10-22(2)15-24/h4-14H,15-16H2,1-3H3. The van der Waals surface area contributed by atoms with Crippen LogP contribution in [0, 0.1) is 0 Å². The Morgan fingerprint density at radius 2 is 1.50 bits per heavy atom. The maximum absolute atomic E-state index is 6.14. The van der Waals surface area contributed by atoms with Crippen molar-refractivity contribution < 1.29 is 4.74 Å². The van der Waals surface area contributed by atoms with Crippen molar-refractivity contribution in [2.45, 2.75) is 6.92 Å². The normalized spacial score (nSPS) is 16.5. The topological polar surface area (TPSA) is 22.2 Å². The number of anilines is 2. The van der Waals surface area contributed by atoms with Gasteiger partial charge in [-0.25, -0.2) is 0 Å². The molecule has 0 bridgehead atoms. The van der Waals surface area contributed by atoms with Crippen LogP contribution in [-0.2, 0) is 0 Å². The molecular weight excluding hydrogens is 324 g/mol. The third kappa shape index (κ3) is 3.33. The molecule has 134 valence electrons. The highest BCUT2D eigenvalue weighted by Gasteiger charge is 2.17. The van der Waals surface area contributed by atoms with Gasteiger partial charge < -0.3 is 24.3 Å². The summed E-state index contributed by atoms with van der Waals surface area (Å²) < 4.78 is 6.14. The van der Waals surface area contributed by atoms with Gasteiger partial charge in [0.1, 0.15) is 11.5 Å². The molecule has 26 heavy (non-hydrogen) atoms. The Labute approximate surface area is 155 Å². The number of allylic oxidation sites excluding steroid dienone is 1. The zero-order valence-electron chi connectivity index (χ0n) is 15.5. The Hall–Kier alpha value is -3.08. The Morgan fingerprint density at radius 1 is 0.808 bits per heavy atom. The molecule has 0 N–H and O–H groups in total. The first kappa shape index (κ1) is 16.4. The van der Waals surface area contributed by atoms with Crippen molar-refractivity contribution in [2.24, 2.45) is 0 Å². The molecule has 2 aromatic carbocycles. The summed E-state index contributed by atoms with van der Waals surface area (Å²) in [6, 6.07) is 16.4. The van der Waals surface area contributed by atoms with E-state index in [0.717, 1.165) is 36.2 Å². The van der Waals surface area contributed by atoms with E-state index in [2.05, 4.69) is 83.5 Å². The summed E-state index contributed by atoms with van der Waals surface area (Å²) in [7, 11) is 4.15. The predicted molar refractivity (Wildman–Crippen MR) is 106 cm³/mol. The molecule has 0 atom stereocenters. The largest absolute Gasteiger partial charge is 0.457 e. The van der Waals surface area contributed by atoms with Gasteiger partial charge in [-0.1, -0.05) is 12.1 Å². The van der Waals surface area contributed by atoms with Crippen molar-refractivity contribution in [1.82, 2.24) is 9.80 Å². The average molecular weight is 348 g/mol. The first-order valence-corrected chi connectivity index (χ1v) is 8.78. The van der Waals surface area contributed by atoms with Crippen molar-refractivity contribution in [3.8, 4) is 11.5 Å². The number of hydrogen-bond donors (Lipinski definition) is 0. The third-order valence-electron chi connectivity index (χ3n) is 4.59. The second-order valence-corrected chi connectivity index (χ2v) is 6.86. The van der Waals surface area contributed by atoms with Crippen LogP contribution in [0.5, 0.6) is 11.5 Å². The summed E-state index contributed by atoms with van der Waals surface area (Å²) in [6.07, 6.45) is 6.30. The maximum Gasteiger partial charge on any atom is 0.129 e. The summed E-state index contributed by atoms with van der Waals surface area (Å²) in [4.78, 5) is 8.78. The van der Waals surface area contributed by atoms with Crippen molar-refractivity contribution >= 4 is 11.4 Å². The Kier molecular flexibility index (Phi) is 4.21. The van der Waals surface area contributed by atoms with Gasteiger partial charge in [-0.05, 0) is 31.2 Å². The Morgan fingerprint density at radius 3 is 2.12 bits per heavy atom. The molecule has 0 amide bonds. The molecule has 0 radical (unpaired) electrons. The summed E-state index contributed by atoms with van der Waals surface area (Å²) in [6.45, 7) is 3.84. The monoisotopic (exact) mass is 348 g/mol. The van der Waals surface area contributed by atoms with Gasteiger partial charge in [0.05, 0.1) is 13.3 Å². The highest BCUT2D eigenvalue weighted by atomic mass is 16.5. The fourth-order valence-electron chi connectivity index (χ4n) is 3.32. The Balaban J connectivity index is 1.52. The van der Waals surface area contributed by atoms with Gasteiger partial charge in [0.15, 0.2) is 0 Å². The lowest BCUT2D eigenvalue weighted by Crippen LogP contribution is -2.23. The van der Waals surface area contributed by atoms with Crippen molar-refractivity contribution in [3.05, 3.63) is 72.8 Å². The van der Waals surface area contributed by atoms with Gasteiger partial charge >= 0.3 is 0 Å². The SMILES string of the molecule is CC1=CN(C)CN1c1cccc(Oc2cccc(N3C=CN(C)C3)c2)c1. The quantitative estimate of drug-likeness (QED) is 0.822. The average Bonchev–Trinajstić information content (AvgIpc) is 3.20. The molecule has 0 aromatic heterocycles. The molecule has 2 heterocycles. The van der Waals surface area contributed by atoms with E-state index in [0.29, 0.717) is 0 Å². The molecule has 0 saturated carbocycles. The molecule has 2 aliphatic heterocycles. The van der Waals surface area contributed by atoms with Gasteiger partial charge in [-0.3, -0.25) is 0 Å². The van der Waals surface area contributed by atoms with Crippen LogP contribution < -0.4 is 14.5 Å². The maximum atomic E-state index is 6.14. The summed E-state index contributed by atoms with van der Waals surface area (Å²) in [5.74, 6) is 1.68. The zero-order valence-corrected chi connectivity index (χ0v) is 15.5. The van der Waals surface area contributed by atoms with Crippen LogP contribution in [0.1, 0.15) is 6.92 Å². The lowest BCUT2D eigenvalue weighted by atomic mass is 10.2. The highest BCUT2D eigenvalue weighted by Crippen LogP contribution is 2.31. The minimum absolute atomic E-state index is 0.841. The van der Waals surface area contributed by atoms with Gasteiger partial charge in [-0.2, -0.15) is 0 Å². The Bertz CT molecular complexity index is 861. The van der Waals surface area contributed by atoms with Crippen molar-refractivity contribution in [1.29, 1.82) is 0 Å². The molecule has 0 aliphatic carbocycles. The summed E-state index contributed by atoms with van der Waals surface area (Å²) >= 11 is 0. The molecule has 0 unspecified atom stereocenters. The molecule has 0 fully saturated rings. The van der Waals surface area contributed by atoms with E-state index < -0.39 is 0 Å². The molecule has 5 nitrogen and oxygen atoms in total. The number of rotatable bonds is 4.